The molecular formula is C7H10FN. The molecule has 1 rings (SSSR count). The van der Waals surface area contributed by atoms with Gasteiger partial charge in [0, 0.05) is 6.42 Å². The van der Waals surface area contributed by atoms with E-state index < -0.39 is 0 Å². The molecule has 0 aromatic carbocycles. The molecule has 2 unspecified atom stereocenters. The SMILES string of the molecule is N#CCC1CCC1CF. The maximum absolute atomic E-state index is 11.9. The van der Waals surface area contributed by atoms with Crippen LogP contribution in [0.5, 0.6) is 0 Å². The summed E-state index contributed by atoms with van der Waals surface area (Å²) < 4.78 is 11.9. The van der Waals surface area contributed by atoms with Crippen LogP contribution in [-0.4, -0.2) is 6.67 Å². The molecule has 0 spiro atoms. The van der Waals surface area contributed by atoms with Crippen molar-refractivity contribution in [2.75, 3.05) is 6.67 Å². The maximum Gasteiger partial charge on any atom is 0.0925 e. The van der Waals surface area contributed by atoms with E-state index in [1.165, 1.54) is 0 Å². The summed E-state index contributed by atoms with van der Waals surface area (Å²) in [6.07, 6.45) is 2.60. The third-order valence-corrected chi connectivity index (χ3v) is 2.13. The fourth-order valence-corrected chi connectivity index (χ4v) is 1.23. The molecule has 0 aliphatic heterocycles. The lowest BCUT2D eigenvalue weighted by Crippen LogP contribution is -2.26. The molecule has 0 radical (unpaired) electrons. The molecule has 1 fully saturated rings. The van der Waals surface area contributed by atoms with Crippen molar-refractivity contribution in [2.45, 2.75) is 19.3 Å². The van der Waals surface area contributed by atoms with Crippen LogP contribution in [0.1, 0.15) is 19.3 Å². The summed E-state index contributed by atoms with van der Waals surface area (Å²) in [6.45, 7) is -0.230. The standard InChI is InChI=1S/C7H10FN/c8-5-7-2-1-6(7)3-4-9/h6-7H,1-3,5H2. The first kappa shape index (κ1) is 6.54. The van der Waals surface area contributed by atoms with Crippen LogP contribution in [0.3, 0.4) is 0 Å². The summed E-state index contributed by atoms with van der Waals surface area (Å²) in [4.78, 5) is 0. The van der Waals surface area contributed by atoms with Crippen molar-refractivity contribution in [3.63, 3.8) is 0 Å². The van der Waals surface area contributed by atoms with Gasteiger partial charge in [-0.15, -0.1) is 0 Å². The Kier molecular flexibility index (Phi) is 2.05. The molecule has 1 aliphatic carbocycles. The van der Waals surface area contributed by atoms with Gasteiger partial charge in [-0.3, -0.25) is 4.39 Å². The Bertz CT molecular complexity index is 125. The molecule has 50 valence electrons. The average molecular weight is 127 g/mol. The number of rotatable bonds is 2. The molecule has 1 aliphatic rings. The maximum atomic E-state index is 11.9. The minimum Gasteiger partial charge on any atom is -0.251 e. The monoisotopic (exact) mass is 127 g/mol. The molecule has 1 nitrogen and oxygen atoms in total. The minimum absolute atomic E-state index is 0.213. The van der Waals surface area contributed by atoms with E-state index in [9.17, 15) is 4.39 Å². The second-order valence-electron chi connectivity index (χ2n) is 2.61. The Labute approximate surface area is 54.5 Å². The third-order valence-electron chi connectivity index (χ3n) is 2.13. The number of nitriles is 1. The fourth-order valence-electron chi connectivity index (χ4n) is 1.23. The Balaban J connectivity index is 2.21. The lowest BCUT2D eigenvalue weighted by atomic mass is 9.73. The molecule has 1 saturated carbocycles. The Morgan fingerprint density at radius 2 is 2.11 bits per heavy atom. The smallest absolute Gasteiger partial charge is 0.0925 e. The first-order valence-electron chi connectivity index (χ1n) is 3.31. The van der Waals surface area contributed by atoms with Crippen molar-refractivity contribution in [3.05, 3.63) is 0 Å². The zero-order chi connectivity index (χ0) is 6.69. The Morgan fingerprint density at radius 3 is 2.44 bits per heavy atom. The molecule has 0 aromatic rings. The van der Waals surface area contributed by atoms with Gasteiger partial charge in [0.05, 0.1) is 12.7 Å². The van der Waals surface area contributed by atoms with Gasteiger partial charge >= 0.3 is 0 Å². The molecule has 0 bridgehead atoms. The summed E-state index contributed by atoms with van der Waals surface area (Å²) in [7, 11) is 0. The molecule has 0 saturated heterocycles. The van der Waals surface area contributed by atoms with E-state index in [1.807, 2.05) is 0 Å². The zero-order valence-corrected chi connectivity index (χ0v) is 5.31. The molecular weight excluding hydrogens is 117 g/mol. The number of alkyl halides is 1. The predicted molar refractivity (Wildman–Crippen MR) is 32.4 cm³/mol. The summed E-state index contributed by atoms with van der Waals surface area (Å²) in [6, 6.07) is 2.07. The molecule has 9 heavy (non-hydrogen) atoms. The first-order chi connectivity index (χ1) is 4.38. The summed E-state index contributed by atoms with van der Waals surface area (Å²) in [5.74, 6) is 0.588. The lowest BCUT2D eigenvalue weighted by molar-refractivity contribution is 0.141. The summed E-state index contributed by atoms with van der Waals surface area (Å²) >= 11 is 0. The predicted octanol–water partition coefficient (Wildman–Crippen LogP) is 1.90. The van der Waals surface area contributed by atoms with Crippen molar-refractivity contribution >= 4 is 0 Å². The fraction of sp³-hybridized carbons (Fsp3) is 0.857. The van der Waals surface area contributed by atoms with Crippen LogP contribution in [0, 0.1) is 23.2 Å². The van der Waals surface area contributed by atoms with E-state index in [0.29, 0.717) is 12.3 Å². The van der Waals surface area contributed by atoms with Gasteiger partial charge < -0.3 is 0 Å². The summed E-state index contributed by atoms with van der Waals surface area (Å²) in [5, 5.41) is 8.24. The molecule has 0 N–H and O–H groups in total. The van der Waals surface area contributed by atoms with Crippen molar-refractivity contribution in [3.8, 4) is 6.07 Å². The van der Waals surface area contributed by atoms with Crippen molar-refractivity contribution in [1.29, 1.82) is 5.26 Å². The largest absolute Gasteiger partial charge is 0.251 e. The Hall–Kier alpha value is -0.580. The molecule has 2 atom stereocenters. The number of hydrogen-bond acceptors (Lipinski definition) is 1. The topological polar surface area (TPSA) is 23.8 Å². The molecule has 0 heterocycles. The van der Waals surface area contributed by atoms with Crippen LogP contribution >= 0.6 is 0 Å². The van der Waals surface area contributed by atoms with Gasteiger partial charge in [-0.2, -0.15) is 5.26 Å². The van der Waals surface area contributed by atoms with Crippen molar-refractivity contribution in [1.82, 2.24) is 0 Å². The van der Waals surface area contributed by atoms with Crippen LogP contribution in [0.4, 0.5) is 4.39 Å². The number of nitrogens with zero attached hydrogens (tertiary/aromatic N) is 1. The second kappa shape index (κ2) is 2.82. The third kappa shape index (κ3) is 1.21. The lowest BCUT2D eigenvalue weighted by Gasteiger charge is -2.32. The quantitative estimate of drug-likeness (QED) is 0.555. The van der Waals surface area contributed by atoms with Crippen molar-refractivity contribution < 1.29 is 4.39 Å². The van der Waals surface area contributed by atoms with E-state index in [1.54, 1.807) is 0 Å². The van der Waals surface area contributed by atoms with E-state index >= 15 is 0 Å². The molecule has 0 amide bonds. The molecule has 0 aromatic heterocycles. The first-order valence-corrected chi connectivity index (χ1v) is 3.31. The van der Waals surface area contributed by atoms with Gasteiger partial charge in [0.15, 0.2) is 0 Å². The highest BCUT2D eigenvalue weighted by Crippen LogP contribution is 2.36. The van der Waals surface area contributed by atoms with Crippen molar-refractivity contribution in [2.24, 2.45) is 11.8 Å². The second-order valence-corrected chi connectivity index (χ2v) is 2.61. The molecule has 2 heteroatoms. The van der Waals surface area contributed by atoms with Gasteiger partial charge in [0.2, 0.25) is 0 Å². The summed E-state index contributed by atoms with van der Waals surface area (Å²) in [5.41, 5.74) is 0. The van der Waals surface area contributed by atoms with Gasteiger partial charge in [-0.25, -0.2) is 0 Å². The highest BCUT2D eigenvalue weighted by Gasteiger charge is 2.29. The zero-order valence-electron chi connectivity index (χ0n) is 5.31. The van der Waals surface area contributed by atoms with E-state index in [-0.39, 0.29) is 12.6 Å². The normalized spacial score (nSPS) is 32.9. The van der Waals surface area contributed by atoms with Crippen LogP contribution in [0.25, 0.3) is 0 Å². The van der Waals surface area contributed by atoms with E-state index in [2.05, 4.69) is 6.07 Å². The van der Waals surface area contributed by atoms with Crippen LogP contribution in [0.2, 0.25) is 0 Å². The van der Waals surface area contributed by atoms with Gasteiger partial charge in [-0.1, -0.05) is 0 Å². The number of halogens is 1. The van der Waals surface area contributed by atoms with E-state index in [4.69, 9.17) is 5.26 Å². The highest BCUT2D eigenvalue weighted by atomic mass is 19.1. The van der Waals surface area contributed by atoms with E-state index in [0.717, 1.165) is 12.8 Å². The van der Waals surface area contributed by atoms with Crippen LogP contribution in [-0.2, 0) is 0 Å². The average Bonchev–Trinajstić information content (AvgIpc) is 1.82. The van der Waals surface area contributed by atoms with Gasteiger partial charge in [-0.05, 0) is 24.7 Å². The highest BCUT2D eigenvalue weighted by molar-refractivity contribution is 4.87. The number of hydrogen-bond donors (Lipinski definition) is 0. The van der Waals surface area contributed by atoms with Crippen LogP contribution in [0.15, 0.2) is 0 Å². The van der Waals surface area contributed by atoms with Crippen LogP contribution < -0.4 is 0 Å². The van der Waals surface area contributed by atoms with Gasteiger partial charge in [0.25, 0.3) is 0 Å². The minimum atomic E-state index is -0.230. The van der Waals surface area contributed by atoms with Gasteiger partial charge in [0.1, 0.15) is 0 Å². The Morgan fingerprint density at radius 1 is 1.44 bits per heavy atom.